The van der Waals surface area contributed by atoms with E-state index in [-0.39, 0.29) is 18.4 Å². The van der Waals surface area contributed by atoms with E-state index >= 15 is 0 Å². The lowest BCUT2D eigenvalue weighted by Crippen LogP contribution is -2.20. The van der Waals surface area contributed by atoms with Crippen molar-refractivity contribution in [2.24, 2.45) is 0 Å². The molecule has 0 fully saturated rings. The van der Waals surface area contributed by atoms with Crippen LogP contribution in [0.1, 0.15) is 31.9 Å². The minimum absolute atomic E-state index is 0.0271. The molecule has 6 heteroatoms. The lowest BCUT2D eigenvalue weighted by molar-refractivity contribution is 0.333. The van der Waals surface area contributed by atoms with Crippen molar-refractivity contribution in [3.63, 3.8) is 0 Å². The molecule has 0 radical (unpaired) electrons. The number of hydrogen-bond acceptors (Lipinski definition) is 4. The Kier molecular flexibility index (Phi) is 6.99. The zero-order chi connectivity index (χ0) is 15.2. The highest BCUT2D eigenvalue weighted by molar-refractivity contribution is 9.10. The number of rotatable bonds is 8. The Labute approximate surface area is 130 Å². The van der Waals surface area contributed by atoms with Crippen molar-refractivity contribution in [1.82, 2.24) is 5.32 Å². The first-order chi connectivity index (χ1) is 9.33. The van der Waals surface area contributed by atoms with Gasteiger partial charge in [0.15, 0.2) is 9.84 Å². The quantitative estimate of drug-likeness (QED) is 0.771. The molecule has 0 heterocycles. The summed E-state index contributed by atoms with van der Waals surface area (Å²) in [6.45, 7) is 5.29. The van der Waals surface area contributed by atoms with E-state index in [0.717, 1.165) is 28.8 Å². The second kappa shape index (κ2) is 8.00. The Morgan fingerprint density at radius 1 is 1.40 bits per heavy atom. The van der Waals surface area contributed by atoms with Gasteiger partial charge in [-0.15, -0.1) is 0 Å². The third-order valence-corrected chi connectivity index (χ3v) is 4.25. The number of ether oxygens (including phenoxy) is 1. The van der Waals surface area contributed by atoms with Gasteiger partial charge in [-0.2, -0.15) is 0 Å². The molecule has 0 aliphatic carbocycles. The van der Waals surface area contributed by atoms with Crippen LogP contribution in [0.2, 0.25) is 0 Å². The summed E-state index contributed by atoms with van der Waals surface area (Å²) < 4.78 is 28.9. The van der Waals surface area contributed by atoms with Crippen molar-refractivity contribution in [3.05, 3.63) is 28.2 Å². The number of hydrogen-bond donors (Lipinski definition) is 1. The van der Waals surface area contributed by atoms with Crippen molar-refractivity contribution in [1.29, 1.82) is 0 Å². The molecule has 1 atom stereocenters. The van der Waals surface area contributed by atoms with Gasteiger partial charge in [-0.1, -0.05) is 22.9 Å². The van der Waals surface area contributed by atoms with Gasteiger partial charge in [0.1, 0.15) is 12.4 Å². The van der Waals surface area contributed by atoms with Crippen molar-refractivity contribution in [3.8, 4) is 5.75 Å². The van der Waals surface area contributed by atoms with E-state index in [4.69, 9.17) is 4.74 Å². The van der Waals surface area contributed by atoms with E-state index in [1.807, 2.05) is 18.2 Å². The fourth-order valence-electron chi connectivity index (χ4n) is 1.76. The van der Waals surface area contributed by atoms with Crippen LogP contribution in [0.15, 0.2) is 22.7 Å². The second-order valence-corrected chi connectivity index (χ2v) is 8.01. The third-order valence-electron chi connectivity index (χ3n) is 2.85. The van der Waals surface area contributed by atoms with Crippen LogP contribution in [0.4, 0.5) is 0 Å². The van der Waals surface area contributed by atoms with E-state index in [1.54, 1.807) is 0 Å². The Morgan fingerprint density at radius 2 is 2.10 bits per heavy atom. The molecule has 4 nitrogen and oxygen atoms in total. The van der Waals surface area contributed by atoms with Crippen LogP contribution in [0.5, 0.6) is 5.75 Å². The molecule has 0 aromatic heterocycles. The first kappa shape index (κ1) is 17.5. The molecular weight excluding hydrogens is 342 g/mol. The molecule has 0 aliphatic heterocycles. The predicted octanol–water partition coefficient (Wildman–Crippen LogP) is 2.93. The summed E-state index contributed by atoms with van der Waals surface area (Å²) in [6, 6.07) is 5.92. The van der Waals surface area contributed by atoms with Crippen LogP contribution in [0.25, 0.3) is 0 Å². The average Bonchev–Trinajstić information content (AvgIpc) is 2.36. The van der Waals surface area contributed by atoms with Crippen LogP contribution in [0, 0.1) is 0 Å². The minimum Gasteiger partial charge on any atom is -0.492 e. The van der Waals surface area contributed by atoms with Crippen LogP contribution in [-0.4, -0.2) is 33.6 Å². The lowest BCUT2D eigenvalue weighted by atomic mass is 10.1. The van der Waals surface area contributed by atoms with E-state index in [0.29, 0.717) is 0 Å². The lowest BCUT2D eigenvalue weighted by Gasteiger charge is -2.18. The molecule has 1 aromatic carbocycles. The molecule has 20 heavy (non-hydrogen) atoms. The Bertz CT molecular complexity index is 531. The monoisotopic (exact) mass is 363 g/mol. The first-order valence-corrected chi connectivity index (χ1v) is 9.52. The molecule has 0 spiro atoms. The predicted molar refractivity (Wildman–Crippen MR) is 86.1 cm³/mol. The zero-order valence-electron chi connectivity index (χ0n) is 12.1. The second-order valence-electron chi connectivity index (χ2n) is 4.84. The molecular formula is C14H22BrNO3S. The standard InChI is InChI=1S/C14H22BrNO3S/c1-4-7-16-11(2)13-10-12(15)5-6-14(13)19-8-9-20(3,17)18/h5-6,10-11,16H,4,7-9H2,1-3H3. The van der Waals surface area contributed by atoms with Crippen molar-refractivity contribution < 1.29 is 13.2 Å². The number of sulfone groups is 1. The van der Waals surface area contributed by atoms with E-state index in [2.05, 4.69) is 35.1 Å². The first-order valence-electron chi connectivity index (χ1n) is 6.67. The molecule has 0 saturated carbocycles. The fourth-order valence-corrected chi connectivity index (χ4v) is 2.53. The molecule has 114 valence electrons. The molecule has 0 amide bonds. The van der Waals surface area contributed by atoms with Gasteiger partial charge in [-0.3, -0.25) is 0 Å². The average molecular weight is 364 g/mol. The Balaban J connectivity index is 2.79. The molecule has 1 rings (SSSR count). The molecule has 0 bridgehead atoms. The maximum atomic E-state index is 11.1. The van der Waals surface area contributed by atoms with E-state index in [9.17, 15) is 8.42 Å². The van der Waals surface area contributed by atoms with Crippen LogP contribution in [-0.2, 0) is 9.84 Å². The van der Waals surface area contributed by atoms with Crippen molar-refractivity contribution in [2.75, 3.05) is 25.2 Å². The molecule has 1 N–H and O–H groups in total. The number of halogens is 1. The Hall–Kier alpha value is -0.590. The molecule has 1 unspecified atom stereocenters. The number of nitrogens with one attached hydrogen (secondary N) is 1. The van der Waals surface area contributed by atoms with Crippen LogP contribution in [0.3, 0.4) is 0 Å². The van der Waals surface area contributed by atoms with E-state index in [1.165, 1.54) is 6.26 Å². The van der Waals surface area contributed by atoms with Gasteiger partial charge >= 0.3 is 0 Å². The maximum absolute atomic E-state index is 11.1. The van der Waals surface area contributed by atoms with Gasteiger partial charge in [-0.25, -0.2) is 8.42 Å². The largest absolute Gasteiger partial charge is 0.492 e. The van der Waals surface area contributed by atoms with Gasteiger partial charge in [0.2, 0.25) is 0 Å². The highest BCUT2D eigenvalue weighted by Gasteiger charge is 2.12. The summed E-state index contributed by atoms with van der Waals surface area (Å²) >= 11 is 3.45. The van der Waals surface area contributed by atoms with Gasteiger partial charge in [-0.05, 0) is 38.1 Å². The summed E-state index contributed by atoms with van der Waals surface area (Å²) in [5.41, 5.74) is 1.03. The topological polar surface area (TPSA) is 55.4 Å². The molecule has 1 aromatic rings. The highest BCUT2D eigenvalue weighted by atomic mass is 79.9. The maximum Gasteiger partial charge on any atom is 0.150 e. The van der Waals surface area contributed by atoms with Crippen LogP contribution >= 0.6 is 15.9 Å². The van der Waals surface area contributed by atoms with Gasteiger partial charge in [0, 0.05) is 22.3 Å². The normalized spacial score (nSPS) is 13.2. The summed E-state index contributed by atoms with van der Waals surface area (Å²) in [4.78, 5) is 0. The summed E-state index contributed by atoms with van der Waals surface area (Å²) in [7, 11) is -3.00. The summed E-state index contributed by atoms with van der Waals surface area (Å²) in [6.07, 6.45) is 2.27. The molecule has 0 aliphatic rings. The Morgan fingerprint density at radius 3 is 2.70 bits per heavy atom. The van der Waals surface area contributed by atoms with E-state index < -0.39 is 9.84 Å². The SMILES string of the molecule is CCCNC(C)c1cc(Br)ccc1OCCS(C)(=O)=O. The molecule has 0 saturated heterocycles. The minimum atomic E-state index is -3.00. The van der Waals surface area contributed by atoms with Crippen molar-refractivity contribution >= 4 is 25.8 Å². The van der Waals surface area contributed by atoms with Gasteiger partial charge < -0.3 is 10.1 Å². The highest BCUT2D eigenvalue weighted by Crippen LogP contribution is 2.28. The third kappa shape index (κ3) is 6.24. The number of benzene rings is 1. The summed E-state index contributed by atoms with van der Waals surface area (Å²) in [5.74, 6) is 0.757. The van der Waals surface area contributed by atoms with Crippen molar-refractivity contribution in [2.45, 2.75) is 26.3 Å². The van der Waals surface area contributed by atoms with Crippen LogP contribution < -0.4 is 10.1 Å². The van der Waals surface area contributed by atoms with Gasteiger partial charge in [0.25, 0.3) is 0 Å². The fraction of sp³-hybridized carbons (Fsp3) is 0.571. The smallest absolute Gasteiger partial charge is 0.150 e. The zero-order valence-corrected chi connectivity index (χ0v) is 14.6. The summed E-state index contributed by atoms with van der Waals surface area (Å²) in [5, 5.41) is 3.40. The van der Waals surface area contributed by atoms with Gasteiger partial charge in [0.05, 0.1) is 5.75 Å².